The number of hydrogen-bond acceptors (Lipinski definition) is 5. The zero-order valence-corrected chi connectivity index (χ0v) is 11.3. The summed E-state index contributed by atoms with van der Waals surface area (Å²) < 4.78 is 26.7. The highest BCUT2D eigenvalue weighted by atomic mass is 32.2. The van der Waals surface area contributed by atoms with Crippen LogP contribution in [0.3, 0.4) is 0 Å². The molecule has 0 radical (unpaired) electrons. The summed E-state index contributed by atoms with van der Waals surface area (Å²) >= 11 is 1.05. The largest absolute Gasteiger partial charge is 0.316 e. The normalized spacial score (nSPS) is 28.2. The Morgan fingerprint density at radius 2 is 2.00 bits per heavy atom. The highest BCUT2D eigenvalue weighted by Gasteiger charge is 2.41. The van der Waals surface area contributed by atoms with Gasteiger partial charge in [0.15, 0.2) is 0 Å². The summed E-state index contributed by atoms with van der Waals surface area (Å²) in [5.74, 6) is 0.880. The van der Waals surface area contributed by atoms with Gasteiger partial charge in [0, 0.05) is 13.1 Å². The maximum absolute atomic E-state index is 12.4. The molecule has 0 spiro atoms. The van der Waals surface area contributed by atoms with Crippen molar-refractivity contribution in [1.82, 2.24) is 9.62 Å². The molecule has 7 heteroatoms. The molecule has 0 unspecified atom stereocenters. The smallest absolute Gasteiger partial charge is 0.252 e. The van der Waals surface area contributed by atoms with Gasteiger partial charge in [-0.15, -0.1) is 11.3 Å². The van der Waals surface area contributed by atoms with Crippen LogP contribution in [0.5, 0.6) is 0 Å². The van der Waals surface area contributed by atoms with Crippen molar-refractivity contribution >= 4 is 21.4 Å². The molecule has 1 N–H and O–H groups in total. The van der Waals surface area contributed by atoms with Crippen LogP contribution in [0, 0.1) is 23.2 Å². The number of nitrogens with zero attached hydrogens (tertiary/aromatic N) is 2. The van der Waals surface area contributed by atoms with E-state index in [-0.39, 0.29) is 4.21 Å². The van der Waals surface area contributed by atoms with Crippen LogP contribution in [-0.4, -0.2) is 38.9 Å². The second-order valence-electron chi connectivity index (χ2n) is 4.73. The maximum atomic E-state index is 12.4. The van der Waals surface area contributed by atoms with Crippen molar-refractivity contribution in [2.24, 2.45) is 11.8 Å². The summed E-state index contributed by atoms with van der Waals surface area (Å²) in [5.41, 5.74) is 0. The average molecular weight is 283 g/mol. The van der Waals surface area contributed by atoms with Crippen molar-refractivity contribution in [3.63, 3.8) is 0 Å². The number of nitriles is 1. The fourth-order valence-electron chi connectivity index (χ4n) is 2.65. The number of fused-ring (bicyclic) bond motifs is 1. The van der Waals surface area contributed by atoms with Gasteiger partial charge in [0.25, 0.3) is 10.0 Å². The van der Waals surface area contributed by atoms with E-state index in [2.05, 4.69) is 5.32 Å². The van der Waals surface area contributed by atoms with Gasteiger partial charge in [0.2, 0.25) is 0 Å². The Hall–Kier alpha value is -0.940. The van der Waals surface area contributed by atoms with Gasteiger partial charge in [-0.05, 0) is 37.1 Å². The van der Waals surface area contributed by atoms with Crippen LogP contribution in [0.2, 0.25) is 0 Å². The molecule has 3 heterocycles. The van der Waals surface area contributed by atoms with Crippen molar-refractivity contribution in [2.75, 3.05) is 26.2 Å². The van der Waals surface area contributed by atoms with Crippen molar-refractivity contribution < 1.29 is 8.42 Å². The second-order valence-corrected chi connectivity index (χ2v) is 7.98. The zero-order valence-electron chi connectivity index (χ0n) is 9.67. The summed E-state index contributed by atoms with van der Waals surface area (Å²) in [6.07, 6.45) is 0. The lowest BCUT2D eigenvalue weighted by Gasteiger charge is -2.15. The third kappa shape index (κ3) is 1.86. The van der Waals surface area contributed by atoms with E-state index in [1.165, 1.54) is 6.07 Å². The SMILES string of the molecule is N#Cc1ccc(S(=O)(=O)N2C[C@H]3CNC[C@H]3C2)s1. The average Bonchev–Trinajstić information content (AvgIpc) is 3.03. The minimum atomic E-state index is -3.40. The summed E-state index contributed by atoms with van der Waals surface area (Å²) in [6.45, 7) is 3.01. The van der Waals surface area contributed by atoms with E-state index in [0.29, 0.717) is 29.8 Å². The number of thiophene rings is 1. The van der Waals surface area contributed by atoms with Gasteiger partial charge in [0.1, 0.15) is 15.2 Å². The summed E-state index contributed by atoms with van der Waals surface area (Å²) in [6, 6.07) is 5.07. The third-order valence-corrected chi connectivity index (χ3v) is 6.93. The summed E-state index contributed by atoms with van der Waals surface area (Å²) in [7, 11) is -3.40. The zero-order chi connectivity index (χ0) is 12.8. The van der Waals surface area contributed by atoms with Gasteiger partial charge >= 0.3 is 0 Å². The first-order chi connectivity index (χ1) is 8.61. The maximum Gasteiger partial charge on any atom is 0.252 e. The van der Waals surface area contributed by atoms with E-state index in [9.17, 15) is 8.42 Å². The molecule has 3 rings (SSSR count). The lowest BCUT2D eigenvalue weighted by atomic mass is 10.0. The van der Waals surface area contributed by atoms with E-state index in [0.717, 1.165) is 24.4 Å². The van der Waals surface area contributed by atoms with Crippen LogP contribution in [0.25, 0.3) is 0 Å². The van der Waals surface area contributed by atoms with E-state index in [1.807, 2.05) is 6.07 Å². The van der Waals surface area contributed by atoms with Gasteiger partial charge in [-0.2, -0.15) is 9.57 Å². The van der Waals surface area contributed by atoms with Crippen molar-refractivity contribution in [1.29, 1.82) is 5.26 Å². The van der Waals surface area contributed by atoms with Gasteiger partial charge in [-0.25, -0.2) is 8.42 Å². The molecule has 1 aromatic rings. The van der Waals surface area contributed by atoms with Crippen molar-refractivity contribution in [3.8, 4) is 6.07 Å². The number of sulfonamides is 1. The molecule has 2 aliphatic heterocycles. The molecule has 96 valence electrons. The molecular weight excluding hydrogens is 270 g/mol. The predicted molar refractivity (Wildman–Crippen MR) is 67.6 cm³/mol. The van der Waals surface area contributed by atoms with Gasteiger partial charge in [-0.3, -0.25) is 0 Å². The minimum Gasteiger partial charge on any atom is -0.316 e. The molecule has 2 atom stereocenters. The molecule has 2 saturated heterocycles. The molecule has 0 bridgehead atoms. The summed E-state index contributed by atoms with van der Waals surface area (Å²) in [4.78, 5) is 0.439. The molecule has 18 heavy (non-hydrogen) atoms. The monoisotopic (exact) mass is 283 g/mol. The van der Waals surface area contributed by atoms with E-state index in [1.54, 1.807) is 10.4 Å². The Morgan fingerprint density at radius 3 is 2.56 bits per heavy atom. The number of nitrogens with one attached hydrogen (secondary N) is 1. The van der Waals surface area contributed by atoms with Crippen LogP contribution in [-0.2, 0) is 10.0 Å². The molecule has 0 aromatic carbocycles. The molecule has 0 saturated carbocycles. The van der Waals surface area contributed by atoms with Gasteiger partial charge in [0.05, 0.1) is 0 Å². The Kier molecular flexibility index (Phi) is 2.90. The molecule has 2 fully saturated rings. The van der Waals surface area contributed by atoms with Crippen LogP contribution in [0.4, 0.5) is 0 Å². The number of rotatable bonds is 2. The molecule has 1 aromatic heterocycles. The Balaban J connectivity index is 1.85. The Morgan fingerprint density at radius 1 is 1.33 bits per heavy atom. The van der Waals surface area contributed by atoms with E-state index < -0.39 is 10.0 Å². The predicted octanol–water partition coefficient (Wildman–Crippen LogP) is 0.460. The first-order valence-corrected chi connectivity index (χ1v) is 8.08. The summed E-state index contributed by atoms with van der Waals surface area (Å²) in [5, 5.41) is 12.0. The topological polar surface area (TPSA) is 73.2 Å². The molecular formula is C11H13N3O2S2. The van der Waals surface area contributed by atoms with Crippen LogP contribution in [0.1, 0.15) is 4.88 Å². The number of hydrogen-bond donors (Lipinski definition) is 1. The quantitative estimate of drug-likeness (QED) is 0.856. The Bertz CT molecular complexity index is 590. The lowest BCUT2D eigenvalue weighted by molar-refractivity contribution is 0.449. The fourth-order valence-corrected chi connectivity index (χ4v) is 5.47. The van der Waals surface area contributed by atoms with Crippen LogP contribution in [0.15, 0.2) is 16.3 Å². The van der Waals surface area contributed by atoms with Crippen LogP contribution >= 0.6 is 11.3 Å². The lowest BCUT2D eigenvalue weighted by Crippen LogP contribution is -2.31. The molecule has 0 aliphatic carbocycles. The molecule has 5 nitrogen and oxygen atoms in total. The van der Waals surface area contributed by atoms with Crippen molar-refractivity contribution in [3.05, 3.63) is 17.0 Å². The first kappa shape index (κ1) is 12.1. The first-order valence-electron chi connectivity index (χ1n) is 5.82. The Labute approximate surface area is 110 Å². The van der Waals surface area contributed by atoms with Crippen molar-refractivity contribution in [2.45, 2.75) is 4.21 Å². The highest BCUT2D eigenvalue weighted by molar-refractivity contribution is 7.91. The minimum absolute atomic E-state index is 0.284. The third-order valence-electron chi connectivity index (χ3n) is 3.64. The standard InChI is InChI=1S/C11H13N3O2S2/c12-3-10-1-2-11(17-10)18(15,16)14-6-8-4-13-5-9(8)7-14/h1-2,8-9,13H,4-7H2/t8-,9+. The van der Waals surface area contributed by atoms with Gasteiger partial charge in [-0.1, -0.05) is 0 Å². The van der Waals surface area contributed by atoms with E-state index in [4.69, 9.17) is 5.26 Å². The van der Waals surface area contributed by atoms with E-state index >= 15 is 0 Å². The molecule has 2 aliphatic rings. The highest BCUT2D eigenvalue weighted by Crippen LogP contribution is 2.32. The van der Waals surface area contributed by atoms with Gasteiger partial charge < -0.3 is 5.32 Å². The fraction of sp³-hybridized carbons (Fsp3) is 0.545. The van der Waals surface area contributed by atoms with Crippen LogP contribution < -0.4 is 5.32 Å². The molecule has 0 amide bonds. The second kappa shape index (κ2) is 4.31.